The molecule has 0 aliphatic carbocycles. The molecule has 0 saturated carbocycles. The number of aromatic nitrogens is 2. The predicted octanol–water partition coefficient (Wildman–Crippen LogP) is -0.353. The van der Waals surface area contributed by atoms with Gasteiger partial charge in [-0.25, -0.2) is 15.0 Å². The highest BCUT2D eigenvalue weighted by atomic mass is 15.2. The van der Waals surface area contributed by atoms with Gasteiger partial charge in [0.25, 0.3) is 0 Å². The van der Waals surface area contributed by atoms with E-state index < -0.39 is 5.66 Å². The summed E-state index contributed by atoms with van der Waals surface area (Å²) in [7, 11) is 0. The highest BCUT2D eigenvalue weighted by Crippen LogP contribution is 2.32. The highest BCUT2D eigenvalue weighted by molar-refractivity contribution is 5.85. The average Bonchev–Trinajstić information content (AvgIpc) is 2.20. The van der Waals surface area contributed by atoms with Crippen LogP contribution in [0.4, 0.5) is 11.5 Å². The average molecular weight is 202 g/mol. The van der Waals surface area contributed by atoms with Gasteiger partial charge in [-0.05, 0) is 0 Å². The van der Waals surface area contributed by atoms with Gasteiger partial charge in [0.1, 0.15) is 17.7 Å². The zero-order valence-corrected chi connectivity index (χ0v) is 7.94. The molecule has 1 aromatic rings. The van der Waals surface area contributed by atoms with Crippen LogP contribution >= 0.6 is 0 Å². The van der Waals surface area contributed by atoms with E-state index in [0.717, 1.165) is 0 Å². The number of hydrogen-bond acceptors (Lipinski definition) is 6. The fourth-order valence-electron chi connectivity index (χ4n) is 1.43. The van der Waals surface area contributed by atoms with Crippen LogP contribution in [0.25, 0.3) is 0 Å². The van der Waals surface area contributed by atoms with Crippen molar-refractivity contribution in [3.8, 4) is 12.3 Å². The third-order valence-corrected chi connectivity index (χ3v) is 2.16. The molecular formula is C9H10N6. The van der Waals surface area contributed by atoms with Crippen LogP contribution in [0.5, 0.6) is 0 Å². The summed E-state index contributed by atoms with van der Waals surface area (Å²) in [4.78, 5) is 12.0. The molecule has 2 rings (SSSR count). The SMILES string of the molecule is C#CCC1(N)N=CNc2c(N)ncnc21. The first-order valence-electron chi connectivity index (χ1n) is 4.31. The van der Waals surface area contributed by atoms with Gasteiger partial charge >= 0.3 is 0 Å². The molecule has 1 aliphatic heterocycles. The van der Waals surface area contributed by atoms with E-state index >= 15 is 0 Å². The van der Waals surface area contributed by atoms with Crippen molar-refractivity contribution < 1.29 is 0 Å². The molecule has 5 N–H and O–H groups in total. The van der Waals surface area contributed by atoms with Crippen LogP contribution in [0.3, 0.4) is 0 Å². The van der Waals surface area contributed by atoms with E-state index in [1.807, 2.05) is 0 Å². The lowest BCUT2D eigenvalue weighted by Crippen LogP contribution is -2.39. The number of terminal acetylenes is 1. The second-order valence-electron chi connectivity index (χ2n) is 3.19. The van der Waals surface area contributed by atoms with E-state index in [9.17, 15) is 0 Å². The normalized spacial score (nSPS) is 22.7. The van der Waals surface area contributed by atoms with E-state index in [1.165, 1.54) is 12.7 Å². The Bertz CT molecular complexity index is 460. The second-order valence-corrected chi connectivity index (χ2v) is 3.19. The standard InChI is InChI=1S/C9H10N6/c1-2-3-9(11)7-6(12-5-15-9)8(10)14-4-13-7/h1,4-5H,3,11H2,(H,12,15)(H2,10,13,14). The minimum absolute atomic E-state index is 0.259. The van der Waals surface area contributed by atoms with E-state index in [1.54, 1.807) is 0 Å². The Morgan fingerprint density at radius 3 is 3.07 bits per heavy atom. The van der Waals surface area contributed by atoms with Gasteiger partial charge in [-0.15, -0.1) is 12.3 Å². The van der Waals surface area contributed by atoms with Crippen LogP contribution in [0.2, 0.25) is 0 Å². The second kappa shape index (κ2) is 3.22. The molecule has 2 heterocycles. The van der Waals surface area contributed by atoms with E-state index in [4.69, 9.17) is 17.9 Å². The molecule has 0 saturated heterocycles. The lowest BCUT2D eigenvalue weighted by Gasteiger charge is -2.27. The fourth-order valence-corrected chi connectivity index (χ4v) is 1.43. The first-order chi connectivity index (χ1) is 7.17. The van der Waals surface area contributed by atoms with Crippen molar-refractivity contribution in [2.24, 2.45) is 10.7 Å². The Morgan fingerprint density at radius 1 is 1.53 bits per heavy atom. The van der Waals surface area contributed by atoms with Gasteiger partial charge in [-0.1, -0.05) is 0 Å². The van der Waals surface area contributed by atoms with Gasteiger partial charge in [0.05, 0.1) is 12.8 Å². The fraction of sp³-hybridized carbons (Fsp3) is 0.222. The third kappa shape index (κ3) is 1.39. The van der Waals surface area contributed by atoms with Crippen LogP contribution in [0, 0.1) is 12.3 Å². The smallest absolute Gasteiger partial charge is 0.165 e. The number of rotatable bonds is 1. The summed E-state index contributed by atoms with van der Waals surface area (Å²) in [5.74, 6) is 2.80. The third-order valence-electron chi connectivity index (χ3n) is 2.16. The summed E-state index contributed by atoms with van der Waals surface area (Å²) in [5, 5.41) is 2.85. The zero-order chi connectivity index (χ0) is 10.9. The minimum Gasteiger partial charge on any atom is -0.382 e. The number of hydrogen-bond donors (Lipinski definition) is 3. The quantitative estimate of drug-likeness (QED) is 0.540. The minimum atomic E-state index is -1.01. The van der Waals surface area contributed by atoms with Crippen molar-refractivity contribution in [2.75, 3.05) is 11.1 Å². The van der Waals surface area contributed by atoms with Gasteiger partial charge in [-0.2, -0.15) is 0 Å². The van der Waals surface area contributed by atoms with Crippen LogP contribution < -0.4 is 16.8 Å². The molecule has 15 heavy (non-hydrogen) atoms. The molecule has 0 bridgehead atoms. The van der Waals surface area contributed by atoms with Crippen molar-refractivity contribution >= 4 is 17.8 Å². The molecule has 1 atom stereocenters. The van der Waals surface area contributed by atoms with Crippen LogP contribution in [0.1, 0.15) is 12.1 Å². The lowest BCUT2D eigenvalue weighted by atomic mass is 10.0. The molecule has 0 amide bonds. The maximum absolute atomic E-state index is 6.02. The van der Waals surface area contributed by atoms with Crippen molar-refractivity contribution in [1.29, 1.82) is 0 Å². The summed E-state index contributed by atoms with van der Waals surface area (Å²) in [6.45, 7) is 0. The van der Waals surface area contributed by atoms with Gasteiger partial charge < -0.3 is 16.8 Å². The van der Waals surface area contributed by atoms with E-state index in [2.05, 4.69) is 26.2 Å². The number of aliphatic imine (C=N–C) groups is 1. The number of nitrogens with two attached hydrogens (primary N) is 2. The number of nitrogens with one attached hydrogen (secondary N) is 1. The summed E-state index contributed by atoms with van der Waals surface area (Å²) in [6.07, 6.45) is 8.30. The van der Waals surface area contributed by atoms with Gasteiger partial charge in [-0.3, -0.25) is 0 Å². The Kier molecular flexibility index (Phi) is 2.02. The number of nitrogens with zero attached hydrogens (tertiary/aromatic N) is 3. The maximum atomic E-state index is 6.02. The zero-order valence-electron chi connectivity index (χ0n) is 7.94. The molecule has 0 aromatic carbocycles. The molecule has 6 heteroatoms. The number of nitrogen functional groups attached to an aromatic ring is 1. The summed E-state index contributed by atoms with van der Waals surface area (Å²) in [5.41, 5.74) is 11.8. The predicted molar refractivity (Wildman–Crippen MR) is 57.9 cm³/mol. The largest absolute Gasteiger partial charge is 0.382 e. The molecular weight excluding hydrogens is 192 g/mol. The molecule has 0 radical (unpaired) electrons. The summed E-state index contributed by atoms with van der Waals surface area (Å²) >= 11 is 0. The van der Waals surface area contributed by atoms with Crippen molar-refractivity contribution in [2.45, 2.75) is 12.1 Å². The van der Waals surface area contributed by atoms with E-state index in [-0.39, 0.29) is 6.42 Å². The van der Waals surface area contributed by atoms with Crippen molar-refractivity contribution in [3.05, 3.63) is 12.0 Å². The van der Waals surface area contributed by atoms with E-state index in [0.29, 0.717) is 17.2 Å². The molecule has 1 aromatic heterocycles. The molecule has 76 valence electrons. The van der Waals surface area contributed by atoms with Crippen molar-refractivity contribution in [1.82, 2.24) is 9.97 Å². The first-order valence-corrected chi connectivity index (χ1v) is 4.31. The van der Waals surface area contributed by atoms with Gasteiger partial charge in [0.15, 0.2) is 11.5 Å². The lowest BCUT2D eigenvalue weighted by molar-refractivity contribution is 0.467. The Balaban J connectivity index is 2.57. The van der Waals surface area contributed by atoms with Gasteiger partial charge in [0.2, 0.25) is 0 Å². The number of fused-ring (bicyclic) bond motifs is 1. The van der Waals surface area contributed by atoms with Crippen LogP contribution in [-0.2, 0) is 5.66 Å². The first kappa shape index (κ1) is 9.43. The molecule has 0 fully saturated rings. The Labute approximate surface area is 86.8 Å². The molecule has 1 unspecified atom stereocenters. The van der Waals surface area contributed by atoms with Crippen LogP contribution in [-0.4, -0.2) is 16.3 Å². The topological polar surface area (TPSA) is 102 Å². The monoisotopic (exact) mass is 202 g/mol. The molecule has 1 aliphatic rings. The maximum Gasteiger partial charge on any atom is 0.165 e. The number of anilines is 2. The highest BCUT2D eigenvalue weighted by Gasteiger charge is 2.33. The summed E-state index contributed by atoms with van der Waals surface area (Å²) < 4.78 is 0. The Morgan fingerprint density at radius 2 is 2.33 bits per heavy atom. The molecule has 0 spiro atoms. The summed E-state index contributed by atoms with van der Waals surface area (Å²) in [6, 6.07) is 0. The molecule has 6 nitrogen and oxygen atoms in total. The van der Waals surface area contributed by atoms with Crippen LogP contribution in [0.15, 0.2) is 11.3 Å². The van der Waals surface area contributed by atoms with Gasteiger partial charge in [0, 0.05) is 0 Å². The Hall–Kier alpha value is -2.13. The van der Waals surface area contributed by atoms with Crippen molar-refractivity contribution in [3.63, 3.8) is 0 Å².